The van der Waals surface area contributed by atoms with Crippen LogP contribution >= 0.6 is 0 Å². The summed E-state index contributed by atoms with van der Waals surface area (Å²) in [5, 5.41) is 22.7. The van der Waals surface area contributed by atoms with Crippen LogP contribution in [0.3, 0.4) is 0 Å². The maximum Gasteiger partial charge on any atom is 0.341 e. The molecule has 2 rings (SSSR count). The average molecular weight is 379 g/mol. The molecule has 0 aliphatic carbocycles. The fraction of sp³-hybridized carbons (Fsp3) is 0.556. The molecular formula is C18H25N3O6. The van der Waals surface area contributed by atoms with Crippen molar-refractivity contribution in [2.45, 2.75) is 38.6 Å². The van der Waals surface area contributed by atoms with Gasteiger partial charge in [-0.25, -0.2) is 4.79 Å². The number of ether oxygens (including phenoxy) is 1. The van der Waals surface area contributed by atoms with Gasteiger partial charge < -0.3 is 20.1 Å². The molecule has 27 heavy (non-hydrogen) atoms. The Morgan fingerprint density at radius 1 is 1.41 bits per heavy atom. The third kappa shape index (κ3) is 5.40. The average Bonchev–Trinajstić information content (AvgIpc) is 2.69. The van der Waals surface area contributed by atoms with Gasteiger partial charge in [0.05, 0.1) is 17.1 Å². The zero-order valence-electron chi connectivity index (χ0n) is 15.3. The van der Waals surface area contributed by atoms with Gasteiger partial charge >= 0.3 is 5.97 Å². The number of hydrogen-bond donors (Lipinski definition) is 2. The molecule has 1 aliphatic rings. The van der Waals surface area contributed by atoms with Crippen LogP contribution in [0.15, 0.2) is 18.2 Å². The number of carbonyl (C=O) groups excluding carboxylic acids is 2. The third-order valence-corrected chi connectivity index (χ3v) is 4.61. The first-order valence-corrected chi connectivity index (χ1v) is 9.07. The van der Waals surface area contributed by atoms with Crippen molar-refractivity contribution in [2.75, 3.05) is 31.6 Å². The van der Waals surface area contributed by atoms with Gasteiger partial charge in [0, 0.05) is 37.0 Å². The number of benzene rings is 1. The Bertz CT molecular complexity index is 694. The monoisotopic (exact) mass is 379 g/mol. The van der Waals surface area contributed by atoms with Gasteiger partial charge in [0.15, 0.2) is 6.61 Å². The second-order valence-corrected chi connectivity index (χ2v) is 6.36. The summed E-state index contributed by atoms with van der Waals surface area (Å²) in [7, 11) is 0. The molecule has 1 aromatic rings. The van der Waals surface area contributed by atoms with Crippen LogP contribution in [0, 0.1) is 10.1 Å². The molecule has 0 aromatic heterocycles. The Hall–Kier alpha value is -2.68. The molecule has 1 aromatic carbocycles. The smallest absolute Gasteiger partial charge is 0.341 e. The predicted octanol–water partition coefficient (Wildman–Crippen LogP) is 1.95. The normalized spacial score (nSPS) is 16.7. The van der Waals surface area contributed by atoms with Gasteiger partial charge in [-0.1, -0.05) is 6.92 Å². The van der Waals surface area contributed by atoms with Crippen molar-refractivity contribution < 1.29 is 24.4 Å². The lowest BCUT2D eigenvalue weighted by Gasteiger charge is -2.35. The summed E-state index contributed by atoms with van der Waals surface area (Å²) in [6.07, 6.45) is 3.79. The molecule has 2 N–H and O–H groups in total. The molecular weight excluding hydrogens is 354 g/mol. The van der Waals surface area contributed by atoms with Crippen molar-refractivity contribution in [3.05, 3.63) is 33.9 Å². The first-order chi connectivity index (χ1) is 13.0. The number of amides is 1. The Labute approximate surface area is 157 Å². The number of nitrogens with one attached hydrogen (secondary N) is 1. The summed E-state index contributed by atoms with van der Waals surface area (Å²) >= 11 is 0. The van der Waals surface area contributed by atoms with Crippen LogP contribution in [-0.2, 0) is 9.53 Å². The lowest BCUT2D eigenvalue weighted by Crippen LogP contribution is -2.45. The number of nitrogens with zero attached hydrogens (tertiary/aromatic N) is 2. The summed E-state index contributed by atoms with van der Waals surface area (Å²) in [5.41, 5.74) is -0.00227. The van der Waals surface area contributed by atoms with Crippen molar-refractivity contribution in [3.63, 3.8) is 0 Å². The Morgan fingerprint density at radius 3 is 2.85 bits per heavy atom. The lowest BCUT2D eigenvalue weighted by molar-refractivity contribution is -0.384. The number of nitro benzene ring substituents is 1. The Morgan fingerprint density at radius 2 is 2.19 bits per heavy atom. The van der Waals surface area contributed by atoms with Crippen LogP contribution in [-0.4, -0.2) is 59.2 Å². The van der Waals surface area contributed by atoms with Gasteiger partial charge in [-0.15, -0.1) is 0 Å². The van der Waals surface area contributed by atoms with E-state index in [0.717, 1.165) is 31.7 Å². The van der Waals surface area contributed by atoms with Crippen molar-refractivity contribution in [3.8, 4) is 0 Å². The van der Waals surface area contributed by atoms with E-state index in [1.54, 1.807) is 4.90 Å². The number of piperidine rings is 1. The summed E-state index contributed by atoms with van der Waals surface area (Å²) in [5.74, 6) is -1.08. The molecule has 0 spiro atoms. The van der Waals surface area contributed by atoms with E-state index in [1.807, 2.05) is 6.92 Å². The number of hydrogen-bond acceptors (Lipinski definition) is 7. The zero-order chi connectivity index (χ0) is 19.8. The van der Waals surface area contributed by atoms with E-state index in [9.17, 15) is 19.7 Å². The number of rotatable bonds is 8. The highest BCUT2D eigenvalue weighted by Crippen LogP contribution is 2.23. The zero-order valence-corrected chi connectivity index (χ0v) is 15.3. The molecule has 9 heteroatoms. The lowest BCUT2D eigenvalue weighted by atomic mass is 10.00. The van der Waals surface area contributed by atoms with Crippen molar-refractivity contribution in [1.82, 2.24) is 4.90 Å². The van der Waals surface area contributed by atoms with E-state index in [1.165, 1.54) is 12.1 Å². The maximum atomic E-state index is 12.4. The molecule has 0 bridgehead atoms. The molecule has 1 aliphatic heterocycles. The first-order valence-electron chi connectivity index (χ1n) is 9.07. The van der Waals surface area contributed by atoms with Gasteiger partial charge in [0.1, 0.15) is 0 Å². The van der Waals surface area contributed by atoms with Crippen molar-refractivity contribution in [1.29, 1.82) is 0 Å². The highest BCUT2D eigenvalue weighted by molar-refractivity contribution is 5.97. The molecule has 0 saturated carbocycles. The highest BCUT2D eigenvalue weighted by Gasteiger charge is 2.26. The van der Waals surface area contributed by atoms with E-state index in [2.05, 4.69) is 5.32 Å². The second-order valence-electron chi connectivity index (χ2n) is 6.36. The molecule has 9 nitrogen and oxygen atoms in total. The van der Waals surface area contributed by atoms with Gasteiger partial charge in [0.2, 0.25) is 0 Å². The van der Waals surface area contributed by atoms with Crippen molar-refractivity contribution in [2.24, 2.45) is 0 Å². The minimum absolute atomic E-state index is 0.0452. The molecule has 148 valence electrons. The Balaban J connectivity index is 2.08. The summed E-state index contributed by atoms with van der Waals surface area (Å²) in [6.45, 7) is 2.26. The first kappa shape index (κ1) is 20.6. The fourth-order valence-corrected chi connectivity index (χ4v) is 3.20. The largest absolute Gasteiger partial charge is 0.452 e. The summed E-state index contributed by atoms with van der Waals surface area (Å²) < 4.78 is 5.14. The summed E-state index contributed by atoms with van der Waals surface area (Å²) in [6, 6.07) is 3.89. The molecule has 1 saturated heterocycles. The van der Waals surface area contributed by atoms with E-state index < -0.39 is 17.5 Å². The number of anilines is 1. The number of nitro groups is 1. The third-order valence-electron chi connectivity index (χ3n) is 4.61. The van der Waals surface area contributed by atoms with Gasteiger partial charge in [-0.05, 0) is 31.7 Å². The topological polar surface area (TPSA) is 122 Å². The number of esters is 1. The molecule has 1 atom stereocenters. The number of aliphatic hydroxyl groups is 1. The van der Waals surface area contributed by atoms with Gasteiger partial charge in [-0.3, -0.25) is 14.9 Å². The van der Waals surface area contributed by atoms with Crippen LogP contribution in [0.4, 0.5) is 11.4 Å². The number of carbonyl (C=O) groups is 2. The van der Waals surface area contributed by atoms with Crippen LogP contribution in [0.1, 0.15) is 43.0 Å². The van der Waals surface area contributed by atoms with Crippen LogP contribution in [0.5, 0.6) is 0 Å². The van der Waals surface area contributed by atoms with E-state index >= 15 is 0 Å². The van der Waals surface area contributed by atoms with E-state index in [0.29, 0.717) is 12.2 Å². The van der Waals surface area contributed by atoms with E-state index in [-0.39, 0.29) is 36.4 Å². The quantitative estimate of drug-likeness (QED) is 0.402. The van der Waals surface area contributed by atoms with Crippen LogP contribution < -0.4 is 5.32 Å². The van der Waals surface area contributed by atoms with Gasteiger partial charge in [0.25, 0.3) is 11.6 Å². The second kappa shape index (κ2) is 9.86. The van der Waals surface area contributed by atoms with Crippen LogP contribution in [0.25, 0.3) is 0 Å². The molecule has 1 fully saturated rings. The Kier molecular flexibility index (Phi) is 7.54. The minimum Gasteiger partial charge on any atom is -0.452 e. The summed E-state index contributed by atoms with van der Waals surface area (Å²) in [4.78, 5) is 37.0. The predicted molar refractivity (Wildman–Crippen MR) is 98.6 cm³/mol. The molecule has 1 heterocycles. The molecule has 0 radical (unpaired) electrons. The number of likely N-dealkylation sites (tertiary alicyclic amines) is 1. The number of aliphatic hydroxyl groups excluding tert-OH is 1. The van der Waals surface area contributed by atoms with E-state index in [4.69, 9.17) is 9.84 Å². The highest BCUT2D eigenvalue weighted by atomic mass is 16.6. The van der Waals surface area contributed by atoms with Gasteiger partial charge in [-0.2, -0.15) is 0 Å². The standard InChI is InChI=1S/C18H25N3O6/c1-2-13-5-3-4-9-20(13)17(23)12-27-18(24)15-11-14(21(25)26)6-7-16(15)19-8-10-22/h6-7,11,13,19,22H,2-5,8-10,12H2,1H3/t13-/m0/s1. The molecule has 0 unspecified atom stereocenters. The fourth-order valence-electron chi connectivity index (χ4n) is 3.20. The molecule has 1 amide bonds. The SMILES string of the molecule is CC[C@H]1CCCCN1C(=O)COC(=O)c1cc([N+](=O)[O-])ccc1NCCO. The maximum absolute atomic E-state index is 12.4. The van der Waals surface area contributed by atoms with Crippen LogP contribution in [0.2, 0.25) is 0 Å². The van der Waals surface area contributed by atoms with Crippen molar-refractivity contribution >= 4 is 23.3 Å². The minimum atomic E-state index is -0.822. The number of non-ortho nitro benzene ring substituents is 1.